The van der Waals surface area contributed by atoms with Crippen LogP contribution in [-0.2, 0) is 6.18 Å². The van der Waals surface area contributed by atoms with E-state index < -0.39 is 36.7 Å². The third-order valence-corrected chi connectivity index (χ3v) is 1.58. The smallest absolute Gasteiger partial charge is 0.423 e. The molecule has 0 saturated carbocycles. The summed E-state index contributed by atoms with van der Waals surface area (Å²) in [6.07, 6.45) is -4.75. The van der Waals surface area contributed by atoms with Crippen LogP contribution in [0.3, 0.4) is 0 Å². The van der Waals surface area contributed by atoms with Gasteiger partial charge in [-0.25, -0.2) is 0 Å². The van der Waals surface area contributed by atoms with E-state index in [2.05, 4.69) is 0 Å². The van der Waals surface area contributed by atoms with Crippen LogP contribution < -0.4 is 5.46 Å². The number of rotatable bonds is 1. The first kappa shape index (κ1) is 7.31. The van der Waals surface area contributed by atoms with Gasteiger partial charge in [-0.05, 0) is 18.4 Å². The number of alkyl halides is 3. The lowest BCUT2D eigenvalue weighted by Gasteiger charge is -2.09. The molecule has 0 radical (unpaired) electrons. The minimum atomic E-state index is -4.75. The zero-order chi connectivity index (χ0) is 13.4. The topological polar surface area (TPSA) is 40.5 Å². The van der Waals surface area contributed by atoms with Gasteiger partial charge >= 0.3 is 13.3 Å². The number of halogens is 3. The molecular weight excluding hydrogens is 196 g/mol. The molecular formula is C8H8BF3O2. The van der Waals surface area contributed by atoms with Crippen LogP contribution in [0, 0.1) is 6.85 Å². The average molecular weight is 207 g/mol. The van der Waals surface area contributed by atoms with E-state index in [1.165, 1.54) is 0 Å². The molecule has 6 heteroatoms. The van der Waals surface area contributed by atoms with E-state index in [1.54, 1.807) is 0 Å². The summed E-state index contributed by atoms with van der Waals surface area (Å²) in [4.78, 5) is 0. The first-order valence-corrected chi connectivity index (χ1v) is 3.60. The number of hydrogen-bond donors (Lipinski definition) is 2. The van der Waals surface area contributed by atoms with E-state index in [-0.39, 0.29) is 0 Å². The van der Waals surface area contributed by atoms with Gasteiger partial charge in [-0.2, -0.15) is 13.2 Å². The summed E-state index contributed by atoms with van der Waals surface area (Å²) in [5, 5.41) is 17.6. The monoisotopic (exact) mass is 207 g/mol. The Labute approximate surface area is 83.4 Å². The van der Waals surface area contributed by atoms with Gasteiger partial charge in [-0.1, -0.05) is 17.7 Å². The molecule has 14 heavy (non-hydrogen) atoms. The predicted octanol–water partition coefficient (Wildman–Crippen LogP) is 0.694. The Bertz CT molecular complexity index is 385. The van der Waals surface area contributed by atoms with Crippen LogP contribution in [0.1, 0.15) is 15.2 Å². The molecule has 0 unspecified atom stereocenters. The van der Waals surface area contributed by atoms with Crippen molar-refractivity contribution in [2.45, 2.75) is 13.0 Å². The highest BCUT2D eigenvalue weighted by atomic mass is 19.4. The molecule has 0 spiro atoms. The van der Waals surface area contributed by atoms with Gasteiger partial charge in [-0.15, -0.1) is 0 Å². The van der Waals surface area contributed by atoms with E-state index in [0.29, 0.717) is 12.1 Å². The Morgan fingerprint density at radius 3 is 2.36 bits per heavy atom. The molecule has 0 aromatic heterocycles. The lowest BCUT2D eigenvalue weighted by molar-refractivity contribution is -0.137. The molecule has 2 nitrogen and oxygen atoms in total. The van der Waals surface area contributed by atoms with Crippen molar-refractivity contribution in [1.82, 2.24) is 0 Å². The van der Waals surface area contributed by atoms with E-state index in [0.717, 1.165) is 6.07 Å². The van der Waals surface area contributed by atoms with Gasteiger partial charge in [-0.3, -0.25) is 0 Å². The summed E-state index contributed by atoms with van der Waals surface area (Å²) in [5.74, 6) is 0. The molecule has 0 fully saturated rings. The van der Waals surface area contributed by atoms with Crippen molar-refractivity contribution in [1.29, 1.82) is 0 Å². The van der Waals surface area contributed by atoms with Crippen molar-refractivity contribution >= 4 is 12.6 Å². The molecule has 0 heterocycles. The second-order valence-corrected chi connectivity index (χ2v) is 2.72. The minimum absolute atomic E-state index is 0.471. The highest BCUT2D eigenvalue weighted by Gasteiger charge is 2.31. The van der Waals surface area contributed by atoms with E-state index in [1.807, 2.05) is 0 Å². The van der Waals surface area contributed by atoms with Crippen molar-refractivity contribution in [2.24, 2.45) is 0 Å². The Kier molecular flexibility index (Phi) is 1.89. The minimum Gasteiger partial charge on any atom is -0.423 e. The van der Waals surface area contributed by atoms with Gasteiger partial charge < -0.3 is 10.0 Å². The van der Waals surface area contributed by atoms with E-state index in [4.69, 9.17) is 14.2 Å². The summed E-state index contributed by atoms with van der Waals surface area (Å²) in [6, 6.07) is 1.78. The molecule has 0 aliphatic carbocycles. The summed E-state index contributed by atoms with van der Waals surface area (Å²) in [6.45, 7) is -2.75. The van der Waals surface area contributed by atoms with Crippen LogP contribution in [0.2, 0.25) is 0 Å². The van der Waals surface area contributed by atoms with Gasteiger partial charge in [0.05, 0.1) is 5.56 Å². The molecule has 0 aliphatic heterocycles. The molecule has 0 saturated heterocycles. The number of aryl methyl sites for hydroxylation is 1. The van der Waals surface area contributed by atoms with Gasteiger partial charge in [0, 0.05) is 4.11 Å². The quantitative estimate of drug-likeness (QED) is 0.665. The standard InChI is InChI=1S/C8H8BF3O2/c1-5-2-6(8(10,11)12)4-7(3-5)9(13)14/h2-4,13-14H,1H3/i1D3. The zero-order valence-electron chi connectivity index (χ0n) is 9.84. The van der Waals surface area contributed by atoms with Crippen LogP contribution >= 0.6 is 0 Å². The van der Waals surface area contributed by atoms with Crippen LogP contribution in [0.15, 0.2) is 18.2 Å². The van der Waals surface area contributed by atoms with Crippen molar-refractivity contribution in [3.8, 4) is 0 Å². The predicted molar refractivity (Wildman–Crippen MR) is 46.0 cm³/mol. The maximum Gasteiger partial charge on any atom is 0.488 e. The number of benzene rings is 1. The third-order valence-electron chi connectivity index (χ3n) is 1.58. The Hall–Kier alpha value is -1.01. The molecule has 0 amide bonds. The fraction of sp³-hybridized carbons (Fsp3) is 0.250. The average Bonchev–Trinajstić information content (AvgIpc) is 2.14. The van der Waals surface area contributed by atoms with Gasteiger partial charge in [0.15, 0.2) is 0 Å². The molecule has 1 aromatic carbocycles. The molecule has 0 bridgehead atoms. The van der Waals surface area contributed by atoms with Crippen LogP contribution in [0.25, 0.3) is 0 Å². The molecule has 1 aromatic rings. The second kappa shape index (κ2) is 3.63. The highest BCUT2D eigenvalue weighted by molar-refractivity contribution is 6.58. The van der Waals surface area contributed by atoms with Crippen molar-refractivity contribution in [2.75, 3.05) is 0 Å². The molecule has 1 rings (SSSR count). The molecule has 0 aliphatic rings. The summed E-state index contributed by atoms with van der Waals surface area (Å²) < 4.78 is 58.4. The summed E-state index contributed by atoms with van der Waals surface area (Å²) >= 11 is 0. The van der Waals surface area contributed by atoms with E-state index >= 15 is 0 Å². The normalized spacial score (nSPS) is 15.6. The summed E-state index contributed by atoms with van der Waals surface area (Å²) in [7, 11) is -2.15. The van der Waals surface area contributed by atoms with Crippen LogP contribution in [0.5, 0.6) is 0 Å². The zero-order valence-corrected chi connectivity index (χ0v) is 6.84. The summed E-state index contributed by atoms with van der Waals surface area (Å²) in [5.41, 5.74) is -2.32. The highest BCUT2D eigenvalue weighted by Crippen LogP contribution is 2.28. The molecule has 76 valence electrons. The van der Waals surface area contributed by atoms with Crippen LogP contribution in [-0.4, -0.2) is 17.2 Å². The maximum atomic E-state index is 12.5. The van der Waals surface area contributed by atoms with Gasteiger partial charge in [0.2, 0.25) is 0 Å². The fourth-order valence-electron chi connectivity index (χ4n) is 0.964. The first-order chi connectivity index (χ1) is 7.51. The Morgan fingerprint density at radius 1 is 1.29 bits per heavy atom. The largest absolute Gasteiger partial charge is 0.488 e. The third kappa shape index (κ3) is 2.49. The van der Waals surface area contributed by atoms with E-state index in [9.17, 15) is 13.2 Å². The number of hydrogen-bond acceptors (Lipinski definition) is 2. The molecule has 2 N–H and O–H groups in total. The van der Waals surface area contributed by atoms with Gasteiger partial charge in [0.1, 0.15) is 0 Å². The second-order valence-electron chi connectivity index (χ2n) is 2.72. The molecule has 0 atom stereocenters. The van der Waals surface area contributed by atoms with Gasteiger partial charge in [0.25, 0.3) is 0 Å². The van der Waals surface area contributed by atoms with Crippen LogP contribution in [0.4, 0.5) is 13.2 Å². The maximum absolute atomic E-state index is 12.5. The lowest BCUT2D eigenvalue weighted by Crippen LogP contribution is -2.31. The SMILES string of the molecule is [2H]C([2H])([2H])c1cc(B(O)O)cc(C(F)(F)F)c1. The lowest BCUT2D eigenvalue weighted by atomic mass is 9.78. The van der Waals surface area contributed by atoms with Crippen molar-refractivity contribution < 1.29 is 27.3 Å². The van der Waals surface area contributed by atoms with Crippen molar-refractivity contribution in [3.05, 3.63) is 29.3 Å². The fourth-order valence-corrected chi connectivity index (χ4v) is 0.964. The first-order valence-electron chi connectivity index (χ1n) is 5.10. The Morgan fingerprint density at radius 2 is 1.93 bits per heavy atom. The van der Waals surface area contributed by atoms with Crippen molar-refractivity contribution in [3.63, 3.8) is 0 Å². The Balaban J connectivity index is 3.40.